The van der Waals surface area contributed by atoms with Crippen molar-refractivity contribution >= 4 is 17.6 Å². The van der Waals surface area contributed by atoms with Crippen LogP contribution in [0.3, 0.4) is 0 Å². The Bertz CT molecular complexity index is 1190. The van der Waals surface area contributed by atoms with Gasteiger partial charge in [0.2, 0.25) is 0 Å². The summed E-state index contributed by atoms with van der Waals surface area (Å²) in [6.07, 6.45) is 0. The maximum Gasteiger partial charge on any atom is 0.340 e. The molecule has 3 aromatic rings. The molecule has 34 heavy (non-hydrogen) atoms. The van der Waals surface area contributed by atoms with Crippen molar-refractivity contribution in [1.82, 2.24) is 0 Å². The molecule has 8 heteroatoms. The van der Waals surface area contributed by atoms with Gasteiger partial charge in [0, 0.05) is 23.3 Å². The standard InChI is InChI=1S/C26H27NO7/c1-16-7-6-8-19(11-16)34-15-18-12-17(9-10-22(18)30-2)25(28)27-21-14-24(32-4)23(31-3)13-20(21)26(29)33-5/h6-14H,15H2,1-5H3,(H,27,28). The fourth-order valence-corrected chi connectivity index (χ4v) is 3.35. The number of aryl methyl sites for hydroxylation is 1. The van der Waals surface area contributed by atoms with Crippen LogP contribution in [0.4, 0.5) is 5.69 Å². The topological polar surface area (TPSA) is 92.3 Å². The Hall–Kier alpha value is -4.20. The van der Waals surface area contributed by atoms with Crippen LogP contribution >= 0.6 is 0 Å². The monoisotopic (exact) mass is 465 g/mol. The van der Waals surface area contributed by atoms with Crippen LogP contribution in [0.1, 0.15) is 31.8 Å². The van der Waals surface area contributed by atoms with Gasteiger partial charge in [-0.15, -0.1) is 0 Å². The second-order valence-corrected chi connectivity index (χ2v) is 7.33. The van der Waals surface area contributed by atoms with Gasteiger partial charge in [-0.05, 0) is 42.8 Å². The van der Waals surface area contributed by atoms with Crippen LogP contribution < -0.4 is 24.3 Å². The summed E-state index contributed by atoms with van der Waals surface area (Å²) in [4.78, 5) is 25.4. The van der Waals surface area contributed by atoms with E-state index in [4.69, 9.17) is 23.7 Å². The number of hydrogen-bond donors (Lipinski definition) is 1. The number of esters is 1. The van der Waals surface area contributed by atoms with Gasteiger partial charge in [0.1, 0.15) is 18.1 Å². The molecule has 3 aromatic carbocycles. The van der Waals surface area contributed by atoms with E-state index in [2.05, 4.69) is 5.32 Å². The molecule has 0 fully saturated rings. The van der Waals surface area contributed by atoms with Crippen LogP contribution in [0.15, 0.2) is 54.6 Å². The summed E-state index contributed by atoms with van der Waals surface area (Å²) >= 11 is 0. The lowest BCUT2D eigenvalue weighted by Gasteiger charge is -2.15. The number of carbonyl (C=O) groups excluding carboxylic acids is 2. The molecule has 0 aliphatic rings. The largest absolute Gasteiger partial charge is 0.496 e. The first kappa shape index (κ1) is 24.4. The Morgan fingerprint density at radius 1 is 0.824 bits per heavy atom. The maximum absolute atomic E-state index is 13.1. The van der Waals surface area contributed by atoms with Crippen molar-refractivity contribution in [3.8, 4) is 23.0 Å². The van der Waals surface area contributed by atoms with Crippen molar-refractivity contribution in [3.05, 3.63) is 76.9 Å². The second kappa shape index (κ2) is 11.1. The molecule has 178 valence electrons. The molecule has 0 spiro atoms. The lowest BCUT2D eigenvalue weighted by Crippen LogP contribution is -2.16. The zero-order valence-electron chi connectivity index (χ0n) is 19.8. The van der Waals surface area contributed by atoms with Gasteiger partial charge >= 0.3 is 5.97 Å². The van der Waals surface area contributed by atoms with Crippen LogP contribution in [0, 0.1) is 6.92 Å². The van der Waals surface area contributed by atoms with Gasteiger partial charge < -0.3 is 29.0 Å². The molecule has 0 unspecified atom stereocenters. The van der Waals surface area contributed by atoms with Crippen molar-refractivity contribution < 1.29 is 33.3 Å². The van der Waals surface area contributed by atoms with Crippen LogP contribution in [-0.2, 0) is 11.3 Å². The SMILES string of the molecule is COC(=O)c1cc(OC)c(OC)cc1NC(=O)c1ccc(OC)c(COc2cccc(C)c2)c1. The highest BCUT2D eigenvalue weighted by Crippen LogP contribution is 2.34. The molecule has 1 N–H and O–H groups in total. The summed E-state index contributed by atoms with van der Waals surface area (Å²) in [5.41, 5.74) is 2.48. The molecular formula is C26H27NO7. The van der Waals surface area contributed by atoms with Crippen molar-refractivity contribution in [2.75, 3.05) is 33.8 Å². The van der Waals surface area contributed by atoms with E-state index in [1.165, 1.54) is 33.5 Å². The number of methoxy groups -OCH3 is 4. The van der Waals surface area contributed by atoms with Gasteiger partial charge in [0.25, 0.3) is 5.91 Å². The third-order valence-corrected chi connectivity index (χ3v) is 5.10. The number of anilines is 1. The maximum atomic E-state index is 13.1. The van der Waals surface area contributed by atoms with Crippen molar-refractivity contribution in [2.24, 2.45) is 0 Å². The minimum absolute atomic E-state index is 0.130. The molecule has 0 atom stereocenters. The molecule has 0 aromatic heterocycles. The van der Waals surface area contributed by atoms with E-state index in [1.54, 1.807) is 25.3 Å². The molecule has 8 nitrogen and oxygen atoms in total. The smallest absolute Gasteiger partial charge is 0.340 e. The van der Waals surface area contributed by atoms with Crippen molar-refractivity contribution in [3.63, 3.8) is 0 Å². The molecule has 0 heterocycles. The average Bonchev–Trinajstić information content (AvgIpc) is 2.86. The Morgan fingerprint density at radius 3 is 2.18 bits per heavy atom. The lowest BCUT2D eigenvalue weighted by molar-refractivity contribution is 0.0601. The molecule has 0 aliphatic carbocycles. The summed E-state index contributed by atoms with van der Waals surface area (Å²) in [5.74, 6) is 0.930. The molecule has 0 saturated carbocycles. The molecule has 3 rings (SSSR count). The Balaban J connectivity index is 1.88. The van der Waals surface area contributed by atoms with Crippen LogP contribution in [0.25, 0.3) is 0 Å². The van der Waals surface area contributed by atoms with Crippen LogP contribution in [0.5, 0.6) is 23.0 Å². The predicted octanol–water partition coefficient (Wildman–Crippen LogP) is 4.64. The number of ether oxygens (including phenoxy) is 5. The number of amides is 1. The molecular weight excluding hydrogens is 438 g/mol. The third kappa shape index (κ3) is 5.58. The Labute approximate surface area is 198 Å². The van der Waals surface area contributed by atoms with Gasteiger partial charge in [-0.2, -0.15) is 0 Å². The minimum atomic E-state index is -0.627. The number of nitrogens with one attached hydrogen (secondary N) is 1. The fourth-order valence-electron chi connectivity index (χ4n) is 3.35. The summed E-state index contributed by atoms with van der Waals surface area (Å²) in [5, 5.41) is 2.76. The highest BCUT2D eigenvalue weighted by atomic mass is 16.5. The van der Waals surface area contributed by atoms with E-state index in [9.17, 15) is 9.59 Å². The normalized spacial score (nSPS) is 10.3. The number of carbonyl (C=O) groups is 2. The van der Waals surface area contributed by atoms with Crippen LogP contribution in [-0.4, -0.2) is 40.3 Å². The lowest BCUT2D eigenvalue weighted by atomic mass is 10.1. The fraction of sp³-hybridized carbons (Fsp3) is 0.231. The number of benzene rings is 3. The highest BCUT2D eigenvalue weighted by molar-refractivity contribution is 6.08. The van der Waals surface area contributed by atoms with Crippen molar-refractivity contribution in [1.29, 1.82) is 0 Å². The van der Waals surface area contributed by atoms with E-state index in [-0.39, 0.29) is 17.9 Å². The van der Waals surface area contributed by atoms with E-state index in [1.807, 2.05) is 31.2 Å². The molecule has 0 bridgehead atoms. The predicted molar refractivity (Wildman–Crippen MR) is 127 cm³/mol. The number of rotatable bonds is 9. The van der Waals surface area contributed by atoms with Gasteiger partial charge in [0.15, 0.2) is 11.5 Å². The van der Waals surface area contributed by atoms with E-state index in [0.717, 1.165) is 5.56 Å². The quantitative estimate of drug-likeness (QED) is 0.460. The molecule has 1 amide bonds. The summed E-state index contributed by atoms with van der Waals surface area (Å²) in [6.45, 7) is 2.19. The van der Waals surface area contributed by atoms with E-state index in [0.29, 0.717) is 34.1 Å². The van der Waals surface area contributed by atoms with Gasteiger partial charge in [-0.3, -0.25) is 4.79 Å². The minimum Gasteiger partial charge on any atom is -0.496 e. The molecule has 0 aliphatic heterocycles. The third-order valence-electron chi connectivity index (χ3n) is 5.10. The average molecular weight is 466 g/mol. The Morgan fingerprint density at radius 2 is 1.53 bits per heavy atom. The van der Waals surface area contributed by atoms with Gasteiger partial charge in [0.05, 0.1) is 39.7 Å². The zero-order valence-corrected chi connectivity index (χ0v) is 19.8. The van der Waals surface area contributed by atoms with Gasteiger partial charge in [-0.1, -0.05) is 12.1 Å². The molecule has 0 radical (unpaired) electrons. The first-order valence-electron chi connectivity index (χ1n) is 10.4. The Kier molecular flexibility index (Phi) is 7.97. The summed E-state index contributed by atoms with van der Waals surface area (Å²) in [6, 6.07) is 15.6. The number of hydrogen-bond acceptors (Lipinski definition) is 7. The first-order valence-corrected chi connectivity index (χ1v) is 10.4. The first-order chi connectivity index (χ1) is 16.4. The van der Waals surface area contributed by atoms with Gasteiger partial charge in [-0.25, -0.2) is 4.79 Å². The van der Waals surface area contributed by atoms with Crippen LogP contribution in [0.2, 0.25) is 0 Å². The highest BCUT2D eigenvalue weighted by Gasteiger charge is 2.20. The van der Waals surface area contributed by atoms with E-state index >= 15 is 0 Å². The zero-order chi connectivity index (χ0) is 24.7. The van der Waals surface area contributed by atoms with Crippen molar-refractivity contribution in [2.45, 2.75) is 13.5 Å². The second-order valence-electron chi connectivity index (χ2n) is 7.33. The summed E-state index contributed by atoms with van der Waals surface area (Å²) < 4.78 is 26.7. The van der Waals surface area contributed by atoms with E-state index < -0.39 is 11.9 Å². The summed E-state index contributed by atoms with van der Waals surface area (Å²) in [7, 11) is 5.73. The molecule has 0 saturated heterocycles.